The second-order valence-corrected chi connectivity index (χ2v) is 20.9. The Balaban J connectivity index is 0.000000950. The van der Waals surface area contributed by atoms with Gasteiger partial charge in [0.2, 0.25) is 0 Å². The van der Waals surface area contributed by atoms with E-state index in [1.54, 1.807) is 0 Å². The van der Waals surface area contributed by atoms with Gasteiger partial charge in [0.15, 0.2) is 0 Å². The van der Waals surface area contributed by atoms with Crippen molar-refractivity contribution >= 4 is 11.9 Å². The first-order valence-electron chi connectivity index (χ1n) is 21.6. The third kappa shape index (κ3) is 6.65. The first-order chi connectivity index (χ1) is 24.0. The van der Waals surface area contributed by atoms with Crippen molar-refractivity contribution in [2.24, 2.45) is 69.5 Å². The maximum absolute atomic E-state index is 13.2. The molecule has 8 rings (SSSR count). The molecular formula is C44H74N2O5. The Morgan fingerprint density at radius 3 is 2.22 bits per heavy atom. The first-order valence-corrected chi connectivity index (χ1v) is 21.6. The molecular weight excluding hydrogens is 636 g/mol. The van der Waals surface area contributed by atoms with E-state index < -0.39 is 11.9 Å². The monoisotopic (exact) mass is 711 g/mol. The van der Waals surface area contributed by atoms with Crippen molar-refractivity contribution in [1.29, 1.82) is 0 Å². The molecule has 0 aromatic heterocycles. The van der Waals surface area contributed by atoms with Crippen molar-refractivity contribution in [3.63, 3.8) is 0 Å². The summed E-state index contributed by atoms with van der Waals surface area (Å²) in [4.78, 5) is 27.3. The van der Waals surface area contributed by atoms with Crippen molar-refractivity contribution in [2.75, 3.05) is 32.8 Å². The number of nitrogens with zero attached hydrogens (tertiary/aromatic N) is 1. The lowest BCUT2D eigenvalue weighted by molar-refractivity contribution is -0.231. The molecule has 11 unspecified atom stereocenters. The molecule has 7 saturated carbocycles. The number of carboxylic acids is 1. The summed E-state index contributed by atoms with van der Waals surface area (Å²) in [6, 6.07) is 0. The van der Waals surface area contributed by atoms with Crippen LogP contribution in [0.5, 0.6) is 0 Å². The zero-order chi connectivity index (χ0) is 36.6. The fraction of sp³-hybridized carbons (Fsp3) is 0.955. The minimum Gasteiger partial charge on any atom is -0.481 e. The highest BCUT2D eigenvalue weighted by molar-refractivity contribution is 5.80. The Hall–Kier alpha value is -1.18. The number of rotatable bonds is 7. The number of carboxylic acid groups (broad SMARTS) is 1. The van der Waals surface area contributed by atoms with Gasteiger partial charge in [0.1, 0.15) is 6.10 Å². The van der Waals surface area contributed by atoms with Crippen LogP contribution in [0, 0.1) is 69.5 Å². The largest absolute Gasteiger partial charge is 0.481 e. The van der Waals surface area contributed by atoms with Crippen LogP contribution in [0.3, 0.4) is 0 Å². The molecule has 290 valence electrons. The molecule has 0 radical (unpaired) electrons. The second-order valence-electron chi connectivity index (χ2n) is 20.9. The van der Waals surface area contributed by atoms with Crippen molar-refractivity contribution in [3.05, 3.63) is 0 Å². The number of fused-ring (bicyclic) bond motifs is 7. The van der Waals surface area contributed by atoms with Gasteiger partial charge in [-0.15, -0.1) is 0 Å². The highest BCUT2D eigenvalue weighted by atomic mass is 16.5. The fourth-order valence-corrected chi connectivity index (χ4v) is 14.2. The Labute approximate surface area is 310 Å². The topological polar surface area (TPSA) is 88.1 Å². The number of morpholine rings is 1. The molecule has 1 aliphatic heterocycles. The van der Waals surface area contributed by atoms with Crippen LogP contribution in [0.2, 0.25) is 0 Å². The summed E-state index contributed by atoms with van der Waals surface area (Å²) in [6.45, 7) is 24.2. The first kappa shape index (κ1) is 38.1. The number of aliphatic carboxylic acids is 1. The predicted octanol–water partition coefficient (Wildman–Crippen LogP) is 8.59. The smallest absolute Gasteiger partial charge is 0.309 e. The average Bonchev–Trinajstić information content (AvgIpc) is 3.72. The summed E-state index contributed by atoms with van der Waals surface area (Å²) in [5.74, 6) is 2.65. The van der Waals surface area contributed by atoms with Gasteiger partial charge >= 0.3 is 11.9 Å². The van der Waals surface area contributed by atoms with Crippen molar-refractivity contribution in [1.82, 2.24) is 10.2 Å². The zero-order valence-electron chi connectivity index (χ0n) is 33.7. The molecule has 0 aromatic carbocycles. The summed E-state index contributed by atoms with van der Waals surface area (Å²) >= 11 is 0. The maximum Gasteiger partial charge on any atom is 0.309 e. The molecule has 0 aromatic rings. The van der Waals surface area contributed by atoms with Gasteiger partial charge in [-0.25, -0.2) is 0 Å². The number of carbonyl (C=O) groups is 2. The van der Waals surface area contributed by atoms with E-state index in [0.717, 1.165) is 69.3 Å². The van der Waals surface area contributed by atoms with E-state index in [-0.39, 0.29) is 34.9 Å². The third-order valence-corrected chi connectivity index (χ3v) is 17.8. The summed E-state index contributed by atoms with van der Waals surface area (Å²) in [6.07, 6.45) is 17.6. The lowest BCUT2D eigenvalue weighted by atomic mass is 9.34. The van der Waals surface area contributed by atoms with Crippen LogP contribution < -0.4 is 5.32 Å². The van der Waals surface area contributed by atoms with E-state index in [9.17, 15) is 14.7 Å². The van der Waals surface area contributed by atoms with E-state index in [1.165, 1.54) is 70.6 Å². The summed E-state index contributed by atoms with van der Waals surface area (Å²) in [7, 11) is 0. The number of esters is 1. The Bertz CT molecular complexity index is 1300. The van der Waals surface area contributed by atoms with Gasteiger partial charge in [0.25, 0.3) is 0 Å². The number of nitrogens with one attached hydrogen (secondary N) is 1. The van der Waals surface area contributed by atoms with Crippen LogP contribution in [0.25, 0.3) is 0 Å². The van der Waals surface area contributed by atoms with Crippen molar-refractivity contribution in [3.8, 4) is 0 Å². The molecule has 1 saturated heterocycles. The molecule has 7 nitrogen and oxygen atoms in total. The van der Waals surface area contributed by atoms with E-state index in [1.807, 2.05) is 6.92 Å². The third-order valence-electron chi connectivity index (χ3n) is 17.8. The van der Waals surface area contributed by atoms with Gasteiger partial charge < -0.3 is 19.9 Å². The highest BCUT2D eigenvalue weighted by Gasteiger charge is 2.69. The molecule has 1 heterocycles. The lowest BCUT2D eigenvalue weighted by Crippen LogP contribution is -2.67. The number of hydrogen-bond acceptors (Lipinski definition) is 6. The molecule has 0 spiro atoms. The van der Waals surface area contributed by atoms with Crippen LogP contribution in [-0.4, -0.2) is 72.0 Å². The van der Waals surface area contributed by atoms with Crippen LogP contribution in [0.4, 0.5) is 0 Å². The Morgan fingerprint density at radius 1 is 0.804 bits per heavy atom. The number of carbonyl (C=O) groups excluding carboxylic acids is 1. The van der Waals surface area contributed by atoms with Gasteiger partial charge in [-0.3, -0.25) is 14.5 Å². The SMILES string of the molecule is CC1C(C(=O)O)CC1C(=O)OC1CCC2(C)C(CCC3(C)C2CCC2[C@H]4CCCC4(NCCN4CCOC(C)(C)C4)CC[C@]23C)C1C.CC1CC1. The average molecular weight is 711 g/mol. The van der Waals surface area contributed by atoms with Gasteiger partial charge in [-0.1, -0.05) is 60.8 Å². The zero-order valence-corrected chi connectivity index (χ0v) is 33.7. The molecule has 7 heteroatoms. The van der Waals surface area contributed by atoms with Crippen LogP contribution in [0.1, 0.15) is 145 Å². The maximum atomic E-state index is 13.2. The van der Waals surface area contributed by atoms with E-state index in [2.05, 4.69) is 58.7 Å². The van der Waals surface area contributed by atoms with Crippen LogP contribution >= 0.6 is 0 Å². The molecule has 13 atom stereocenters. The summed E-state index contributed by atoms with van der Waals surface area (Å²) in [5.41, 5.74) is 1.31. The van der Waals surface area contributed by atoms with Crippen LogP contribution in [-0.2, 0) is 19.1 Å². The normalized spacial score (nSPS) is 48.7. The summed E-state index contributed by atoms with van der Waals surface area (Å²) < 4.78 is 12.2. The predicted molar refractivity (Wildman–Crippen MR) is 202 cm³/mol. The molecule has 7 aliphatic carbocycles. The number of ether oxygens (including phenoxy) is 2. The van der Waals surface area contributed by atoms with Gasteiger partial charge in [-0.2, -0.15) is 0 Å². The molecule has 8 aliphatic rings. The lowest BCUT2D eigenvalue weighted by Gasteiger charge is -2.71. The minimum atomic E-state index is -0.780. The minimum absolute atomic E-state index is 0.0312. The standard InChI is InChI=1S/C40H66N2O5.C4H8/c1-25-27(34(43)44)23-28(25)35(45)47-32-13-15-37(5)29(26(32)2)12-16-39(7)33(37)11-10-30-31-9-8-14-40(31,18-17-38(30,39)6)41-19-20-42-21-22-46-36(3,4)24-42;1-4-2-3-4/h25-33,41H,8-24H2,1-7H3,(H,43,44);4H,2-3H2,1H3/t25?,26?,27?,28?,29?,30?,31-,32?,33?,37?,38-,39?,40?;/m1./s1. The van der Waals surface area contributed by atoms with Gasteiger partial charge in [0, 0.05) is 31.7 Å². The van der Waals surface area contributed by atoms with Crippen LogP contribution in [0.15, 0.2) is 0 Å². The molecule has 8 fully saturated rings. The Morgan fingerprint density at radius 2 is 1.55 bits per heavy atom. The highest BCUT2D eigenvalue weighted by Crippen LogP contribution is 2.75. The molecule has 0 amide bonds. The van der Waals surface area contributed by atoms with Crippen molar-refractivity contribution < 1.29 is 24.2 Å². The van der Waals surface area contributed by atoms with E-state index in [4.69, 9.17) is 9.47 Å². The Kier molecular flexibility index (Phi) is 10.3. The molecule has 51 heavy (non-hydrogen) atoms. The van der Waals surface area contributed by atoms with E-state index in [0.29, 0.717) is 34.6 Å². The summed E-state index contributed by atoms with van der Waals surface area (Å²) in [5, 5.41) is 13.7. The van der Waals surface area contributed by atoms with Gasteiger partial charge in [0.05, 0.1) is 24.0 Å². The molecule has 0 bridgehead atoms. The quantitative estimate of drug-likeness (QED) is 0.256. The molecule has 2 N–H and O–H groups in total. The van der Waals surface area contributed by atoms with E-state index >= 15 is 0 Å². The fourth-order valence-electron chi connectivity index (χ4n) is 14.2. The second kappa shape index (κ2) is 13.8. The van der Waals surface area contributed by atoms with Crippen molar-refractivity contribution in [2.45, 2.75) is 163 Å². The van der Waals surface area contributed by atoms with Gasteiger partial charge in [-0.05, 0) is 142 Å². The number of hydrogen-bond donors (Lipinski definition) is 2.